The van der Waals surface area contributed by atoms with E-state index in [4.69, 9.17) is 9.05 Å². The highest BCUT2D eigenvalue weighted by Gasteiger charge is 2.30. The third-order valence-corrected chi connectivity index (χ3v) is 5.66. The molecule has 3 aromatic carbocycles. The van der Waals surface area contributed by atoms with Crippen molar-refractivity contribution in [3.8, 4) is 11.5 Å². The van der Waals surface area contributed by atoms with Crippen LogP contribution in [0.3, 0.4) is 0 Å². The average molecular weight is 381 g/mol. The number of para-hydroxylation sites is 2. The maximum atomic E-state index is 13.6. The van der Waals surface area contributed by atoms with Crippen LogP contribution < -0.4 is 14.1 Å². The quantitative estimate of drug-likeness (QED) is 0.472. The molecule has 0 saturated carbocycles. The number of hydrogen-bond acceptors (Lipinski definition) is 3. The van der Waals surface area contributed by atoms with Crippen LogP contribution in [0.5, 0.6) is 11.5 Å². The molecule has 27 heavy (non-hydrogen) atoms. The maximum absolute atomic E-state index is 13.6. The van der Waals surface area contributed by atoms with Gasteiger partial charge in [-0.3, -0.25) is 5.09 Å². The molecule has 0 fully saturated rings. The van der Waals surface area contributed by atoms with Crippen molar-refractivity contribution >= 4 is 13.4 Å². The first-order valence-corrected chi connectivity index (χ1v) is 10.5. The van der Waals surface area contributed by atoms with Gasteiger partial charge in [0.2, 0.25) is 0 Å². The summed E-state index contributed by atoms with van der Waals surface area (Å²) in [4.78, 5) is 0. The van der Waals surface area contributed by atoms with Crippen molar-refractivity contribution < 1.29 is 13.6 Å². The molecule has 0 bridgehead atoms. The molecule has 0 aliphatic carbocycles. The highest BCUT2D eigenvalue weighted by molar-refractivity contribution is 7.56. The number of nitrogens with one attached hydrogen (secondary N) is 1. The summed E-state index contributed by atoms with van der Waals surface area (Å²) in [6.45, 7) is 5.91. The predicted molar refractivity (Wildman–Crippen MR) is 111 cm³/mol. The number of hydrogen-bond donors (Lipinski definition) is 1. The second-order valence-electron chi connectivity index (χ2n) is 6.37. The molecule has 0 saturated heterocycles. The van der Waals surface area contributed by atoms with E-state index in [1.807, 2.05) is 74.5 Å². The van der Waals surface area contributed by atoms with E-state index in [0.717, 1.165) is 17.5 Å². The molecule has 3 aromatic rings. The molecule has 0 aromatic heterocycles. The van der Waals surface area contributed by atoms with Crippen LogP contribution in [-0.4, -0.2) is 0 Å². The second kappa shape index (κ2) is 8.32. The summed E-state index contributed by atoms with van der Waals surface area (Å²) in [7, 11) is -3.71. The fourth-order valence-corrected chi connectivity index (χ4v) is 4.14. The van der Waals surface area contributed by atoms with E-state index in [1.165, 1.54) is 5.56 Å². The Morgan fingerprint density at radius 3 is 1.70 bits per heavy atom. The van der Waals surface area contributed by atoms with Gasteiger partial charge in [0.1, 0.15) is 11.5 Å². The van der Waals surface area contributed by atoms with Gasteiger partial charge in [-0.05, 0) is 61.2 Å². The normalized spacial score (nSPS) is 11.1. The molecular formula is C22H24NO3P. The van der Waals surface area contributed by atoms with Crippen LogP contribution in [0, 0.1) is 13.8 Å². The second-order valence-corrected chi connectivity index (χ2v) is 7.96. The molecule has 3 rings (SSSR count). The molecular weight excluding hydrogens is 357 g/mol. The zero-order valence-electron chi connectivity index (χ0n) is 15.8. The summed E-state index contributed by atoms with van der Waals surface area (Å²) in [5.41, 5.74) is 3.65. The van der Waals surface area contributed by atoms with Crippen molar-refractivity contribution in [3.05, 3.63) is 89.5 Å². The zero-order valence-corrected chi connectivity index (χ0v) is 16.7. The lowest BCUT2D eigenvalue weighted by molar-refractivity contribution is 0.390. The topological polar surface area (TPSA) is 47.6 Å². The average Bonchev–Trinajstić information content (AvgIpc) is 2.66. The Labute approximate surface area is 160 Å². The van der Waals surface area contributed by atoms with Crippen LogP contribution >= 0.6 is 7.75 Å². The fraction of sp³-hybridized carbons (Fsp3) is 0.182. The largest absolute Gasteiger partial charge is 0.541 e. The van der Waals surface area contributed by atoms with Crippen molar-refractivity contribution in [2.24, 2.45) is 0 Å². The van der Waals surface area contributed by atoms with Crippen molar-refractivity contribution in [2.45, 2.75) is 27.2 Å². The van der Waals surface area contributed by atoms with E-state index in [2.05, 4.69) is 12.0 Å². The van der Waals surface area contributed by atoms with Crippen LogP contribution in [0.1, 0.15) is 23.6 Å². The number of benzene rings is 3. The van der Waals surface area contributed by atoms with Gasteiger partial charge in [-0.1, -0.05) is 55.5 Å². The SMILES string of the molecule is CCc1ccc(NP(=O)(Oc2ccccc2C)Oc2ccccc2C)cc1. The van der Waals surface area contributed by atoms with Crippen LogP contribution in [0.15, 0.2) is 72.8 Å². The lowest BCUT2D eigenvalue weighted by Gasteiger charge is -2.22. The van der Waals surface area contributed by atoms with Gasteiger partial charge in [-0.15, -0.1) is 0 Å². The van der Waals surface area contributed by atoms with E-state index >= 15 is 0 Å². The highest BCUT2D eigenvalue weighted by Crippen LogP contribution is 2.49. The molecule has 0 radical (unpaired) electrons. The van der Waals surface area contributed by atoms with Gasteiger partial charge in [-0.2, -0.15) is 0 Å². The van der Waals surface area contributed by atoms with Gasteiger partial charge < -0.3 is 9.05 Å². The van der Waals surface area contributed by atoms with Gasteiger partial charge in [0.05, 0.1) is 0 Å². The molecule has 0 aliphatic rings. The van der Waals surface area contributed by atoms with Crippen LogP contribution in [0.4, 0.5) is 5.69 Å². The molecule has 0 spiro atoms. The predicted octanol–water partition coefficient (Wildman–Crippen LogP) is 6.54. The Balaban J connectivity index is 1.93. The van der Waals surface area contributed by atoms with Crippen LogP contribution in [-0.2, 0) is 11.0 Å². The Morgan fingerprint density at radius 1 is 0.778 bits per heavy atom. The van der Waals surface area contributed by atoms with E-state index < -0.39 is 7.75 Å². The van der Waals surface area contributed by atoms with Crippen molar-refractivity contribution in [1.29, 1.82) is 0 Å². The molecule has 1 N–H and O–H groups in total. The first-order valence-electron chi connectivity index (χ1n) is 8.97. The summed E-state index contributed by atoms with van der Waals surface area (Å²) in [5, 5.41) is 2.97. The first kappa shape index (κ1) is 19.1. The van der Waals surface area contributed by atoms with Gasteiger partial charge in [0.15, 0.2) is 0 Å². The Hall–Kier alpha value is -2.71. The summed E-state index contributed by atoms with van der Waals surface area (Å²) >= 11 is 0. The lowest BCUT2D eigenvalue weighted by Crippen LogP contribution is -2.11. The van der Waals surface area contributed by atoms with Crippen LogP contribution in [0.25, 0.3) is 0 Å². The van der Waals surface area contributed by atoms with Crippen molar-refractivity contribution in [2.75, 3.05) is 5.09 Å². The first-order chi connectivity index (χ1) is 13.0. The molecule has 0 atom stereocenters. The minimum atomic E-state index is -3.71. The molecule has 0 heterocycles. The standard InChI is InChI=1S/C22H24NO3P/c1-4-19-13-15-20(16-14-19)23-27(24,25-21-11-7-5-9-17(21)2)26-22-12-8-6-10-18(22)3/h5-16H,4H2,1-3H3,(H,23,24). The van der Waals surface area contributed by atoms with E-state index in [0.29, 0.717) is 17.2 Å². The Bertz CT molecular complexity index is 902. The third-order valence-electron chi connectivity index (χ3n) is 4.25. The zero-order chi connectivity index (χ0) is 19.3. The summed E-state index contributed by atoms with van der Waals surface area (Å²) in [5.74, 6) is 1.04. The fourth-order valence-electron chi connectivity index (χ4n) is 2.61. The number of rotatable bonds is 7. The Morgan fingerprint density at radius 2 is 1.26 bits per heavy atom. The van der Waals surface area contributed by atoms with E-state index in [-0.39, 0.29) is 0 Å². The summed E-state index contributed by atoms with van der Waals surface area (Å²) in [6, 6.07) is 22.6. The van der Waals surface area contributed by atoms with Gasteiger partial charge in [0.25, 0.3) is 0 Å². The monoisotopic (exact) mass is 381 g/mol. The molecule has 5 heteroatoms. The smallest absolute Gasteiger partial charge is 0.400 e. The van der Waals surface area contributed by atoms with Gasteiger partial charge in [0, 0.05) is 5.69 Å². The highest BCUT2D eigenvalue weighted by atomic mass is 31.2. The molecule has 4 nitrogen and oxygen atoms in total. The van der Waals surface area contributed by atoms with Crippen LogP contribution in [0.2, 0.25) is 0 Å². The number of anilines is 1. The van der Waals surface area contributed by atoms with E-state index in [1.54, 1.807) is 12.1 Å². The molecule has 0 aliphatic heterocycles. The molecule has 0 unspecified atom stereocenters. The number of aryl methyl sites for hydroxylation is 3. The maximum Gasteiger partial charge on any atom is 0.541 e. The van der Waals surface area contributed by atoms with Crippen molar-refractivity contribution in [3.63, 3.8) is 0 Å². The van der Waals surface area contributed by atoms with Gasteiger partial charge in [-0.25, -0.2) is 4.57 Å². The van der Waals surface area contributed by atoms with Crippen molar-refractivity contribution in [1.82, 2.24) is 0 Å². The van der Waals surface area contributed by atoms with E-state index in [9.17, 15) is 4.57 Å². The summed E-state index contributed by atoms with van der Waals surface area (Å²) in [6.07, 6.45) is 0.942. The van der Waals surface area contributed by atoms with Gasteiger partial charge >= 0.3 is 7.75 Å². The minimum Gasteiger partial charge on any atom is -0.400 e. The third kappa shape index (κ3) is 4.93. The molecule has 140 valence electrons. The minimum absolute atomic E-state index is 0.520. The summed E-state index contributed by atoms with van der Waals surface area (Å²) < 4.78 is 25.4. The Kier molecular flexibility index (Phi) is 5.88. The molecule has 0 amide bonds. The lowest BCUT2D eigenvalue weighted by atomic mass is 10.2.